The van der Waals surface area contributed by atoms with E-state index in [0.29, 0.717) is 30.8 Å². The molecule has 2 aromatic carbocycles. The first kappa shape index (κ1) is 20.6. The number of hydrogen-bond acceptors (Lipinski definition) is 7. The Bertz CT molecular complexity index is 1030. The third-order valence-electron chi connectivity index (χ3n) is 3.41. The Kier molecular flexibility index (Phi) is 6.90. The minimum atomic E-state index is -0.140. The molecule has 6 nitrogen and oxygen atoms in total. The lowest BCUT2D eigenvalue weighted by molar-refractivity contribution is -0.114. The van der Waals surface area contributed by atoms with Crippen molar-refractivity contribution in [1.29, 1.82) is 0 Å². The Morgan fingerprint density at radius 1 is 1.07 bits per heavy atom. The molecule has 0 aliphatic carbocycles. The van der Waals surface area contributed by atoms with Crippen molar-refractivity contribution in [3.05, 3.63) is 58.1 Å². The fourth-order valence-corrected chi connectivity index (χ4v) is 4.17. The van der Waals surface area contributed by atoms with Crippen molar-refractivity contribution in [2.75, 3.05) is 16.4 Å². The van der Waals surface area contributed by atoms with Crippen LogP contribution < -0.4 is 10.6 Å². The molecule has 1 aromatic heterocycles. The highest BCUT2D eigenvalue weighted by Crippen LogP contribution is 2.29. The van der Waals surface area contributed by atoms with Crippen LogP contribution in [0.2, 0.25) is 10.0 Å². The number of thioether (sulfide) groups is 1. The van der Waals surface area contributed by atoms with Gasteiger partial charge in [0.2, 0.25) is 11.0 Å². The van der Waals surface area contributed by atoms with E-state index in [2.05, 4.69) is 20.8 Å². The summed E-state index contributed by atoms with van der Waals surface area (Å²) in [6, 6.07) is 12.1. The summed E-state index contributed by atoms with van der Waals surface area (Å²) in [7, 11) is 0. The number of carbonyl (C=O) groups excluding carboxylic acids is 2. The van der Waals surface area contributed by atoms with Gasteiger partial charge in [-0.25, -0.2) is 0 Å². The number of amides is 1. The molecule has 0 spiro atoms. The van der Waals surface area contributed by atoms with Crippen LogP contribution in [0.5, 0.6) is 0 Å². The van der Waals surface area contributed by atoms with E-state index in [1.165, 1.54) is 30.0 Å². The molecule has 0 saturated carbocycles. The van der Waals surface area contributed by atoms with Crippen LogP contribution in [-0.4, -0.2) is 27.6 Å². The van der Waals surface area contributed by atoms with Gasteiger partial charge in [0.1, 0.15) is 0 Å². The van der Waals surface area contributed by atoms with Crippen LogP contribution in [0.25, 0.3) is 0 Å². The SMILES string of the molecule is CC(=O)Nc1cccc(Nc2nnc(SCC(=O)c3ccc(Cl)c(Cl)c3)s2)c1. The second-order valence-electron chi connectivity index (χ2n) is 5.60. The Labute approximate surface area is 179 Å². The van der Waals surface area contributed by atoms with Crippen LogP contribution in [0.4, 0.5) is 16.5 Å². The Hall–Kier alpha value is -2.13. The molecule has 0 unspecified atom stereocenters. The molecule has 144 valence electrons. The second-order valence-corrected chi connectivity index (χ2v) is 8.62. The van der Waals surface area contributed by atoms with E-state index < -0.39 is 0 Å². The summed E-state index contributed by atoms with van der Waals surface area (Å²) in [5.74, 6) is -0.000353. The predicted molar refractivity (Wildman–Crippen MR) is 115 cm³/mol. The number of rotatable bonds is 7. The van der Waals surface area contributed by atoms with E-state index in [1.807, 2.05) is 12.1 Å². The first-order chi connectivity index (χ1) is 13.4. The molecule has 0 fully saturated rings. The summed E-state index contributed by atoms with van der Waals surface area (Å²) in [5, 5.41) is 15.4. The van der Waals surface area contributed by atoms with Gasteiger partial charge in [-0.05, 0) is 36.4 Å². The van der Waals surface area contributed by atoms with Crippen molar-refractivity contribution >= 4 is 74.5 Å². The van der Waals surface area contributed by atoms with Gasteiger partial charge in [0.15, 0.2) is 10.1 Å². The van der Waals surface area contributed by atoms with E-state index in [4.69, 9.17) is 23.2 Å². The van der Waals surface area contributed by atoms with Gasteiger partial charge in [-0.15, -0.1) is 10.2 Å². The summed E-state index contributed by atoms with van der Waals surface area (Å²) in [6.45, 7) is 1.45. The quantitative estimate of drug-likeness (QED) is 0.362. The van der Waals surface area contributed by atoms with Crippen LogP contribution in [-0.2, 0) is 4.79 Å². The number of carbonyl (C=O) groups is 2. The highest BCUT2D eigenvalue weighted by Gasteiger charge is 2.12. The normalized spacial score (nSPS) is 10.5. The summed E-state index contributed by atoms with van der Waals surface area (Å²) in [5.41, 5.74) is 1.95. The zero-order valence-corrected chi connectivity index (χ0v) is 17.7. The number of benzene rings is 2. The van der Waals surface area contributed by atoms with Gasteiger partial charge in [0.25, 0.3) is 0 Å². The molecule has 0 saturated heterocycles. The van der Waals surface area contributed by atoms with Crippen LogP contribution in [0.15, 0.2) is 46.8 Å². The van der Waals surface area contributed by atoms with Gasteiger partial charge in [-0.1, -0.05) is 52.4 Å². The number of nitrogens with zero attached hydrogens (tertiary/aromatic N) is 2. The summed E-state index contributed by atoms with van der Waals surface area (Å²) in [4.78, 5) is 23.4. The number of aromatic nitrogens is 2. The van der Waals surface area contributed by atoms with Gasteiger partial charge in [0, 0.05) is 23.9 Å². The van der Waals surface area contributed by atoms with E-state index >= 15 is 0 Å². The fourth-order valence-electron chi connectivity index (χ4n) is 2.20. The third kappa shape index (κ3) is 5.68. The number of halogens is 2. The monoisotopic (exact) mass is 452 g/mol. The van der Waals surface area contributed by atoms with Crippen molar-refractivity contribution < 1.29 is 9.59 Å². The standard InChI is InChI=1S/C18H14Cl2N4O2S2/c1-10(25)21-12-3-2-4-13(8-12)22-17-23-24-18(28-17)27-9-16(26)11-5-6-14(19)15(20)7-11/h2-8H,9H2,1H3,(H,21,25)(H,22,23). The highest BCUT2D eigenvalue weighted by molar-refractivity contribution is 8.01. The zero-order chi connectivity index (χ0) is 20.1. The molecule has 0 atom stereocenters. The minimum absolute atomic E-state index is 0.0729. The number of Topliss-reactive ketones (excluding diaryl/α,β-unsaturated/α-hetero) is 1. The lowest BCUT2D eigenvalue weighted by Gasteiger charge is -2.05. The predicted octanol–water partition coefficient (Wildman–Crippen LogP) is 5.52. The molecule has 0 aliphatic rings. The smallest absolute Gasteiger partial charge is 0.221 e. The van der Waals surface area contributed by atoms with Crippen LogP contribution in [0, 0.1) is 0 Å². The zero-order valence-electron chi connectivity index (χ0n) is 14.5. The molecule has 1 amide bonds. The summed E-state index contributed by atoms with van der Waals surface area (Å²) >= 11 is 14.5. The maximum Gasteiger partial charge on any atom is 0.221 e. The maximum atomic E-state index is 12.3. The van der Waals surface area contributed by atoms with E-state index in [9.17, 15) is 9.59 Å². The average molecular weight is 453 g/mol. The van der Waals surface area contributed by atoms with Crippen LogP contribution in [0.3, 0.4) is 0 Å². The molecule has 0 aliphatic heterocycles. The number of nitrogens with one attached hydrogen (secondary N) is 2. The van der Waals surface area contributed by atoms with Gasteiger partial charge in [-0.3, -0.25) is 9.59 Å². The third-order valence-corrected chi connectivity index (χ3v) is 6.12. The highest BCUT2D eigenvalue weighted by atomic mass is 35.5. The molecule has 2 N–H and O–H groups in total. The number of hydrogen-bond donors (Lipinski definition) is 2. The van der Waals surface area contributed by atoms with Gasteiger partial charge < -0.3 is 10.6 Å². The molecular weight excluding hydrogens is 439 g/mol. The van der Waals surface area contributed by atoms with E-state index in [0.717, 1.165) is 5.69 Å². The summed E-state index contributed by atoms with van der Waals surface area (Å²) < 4.78 is 0.661. The van der Waals surface area contributed by atoms with Crippen LogP contribution >= 0.6 is 46.3 Å². The van der Waals surface area contributed by atoms with Crippen molar-refractivity contribution in [2.24, 2.45) is 0 Å². The maximum absolute atomic E-state index is 12.3. The summed E-state index contributed by atoms with van der Waals surface area (Å²) in [6.07, 6.45) is 0. The molecule has 28 heavy (non-hydrogen) atoms. The second kappa shape index (κ2) is 9.38. The minimum Gasteiger partial charge on any atom is -0.330 e. The Balaban J connectivity index is 1.59. The Morgan fingerprint density at radius 2 is 1.86 bits per heavy atom. The lowest BCUT2D eigenvalue weighted by Crippen LogP contribution is -2.05. The molecule has 3 aromatic rings. The largest absolute Gasteiger partial charge is 0.330 e. The van der Waals surface area contributed by atoms with Crippen LogP contribution in [0.1, 0.15) is 17.3 Å². The van der Waals surface area contributed by atoms with Crippen molar-refractivity contribution in [2.45, 2.75) is 11.3 Å². The molecule has 3 rings (SSSR count). The lowest BCUT2D eigenvalue weighted by atomic mass is 10.1. The van der Waals surface area contributed by atoms with Gasteiger partial charge >= 0.3 is 0 Å². The fraction of sp³-hybridized carbons (Fsp3) is 0.111. The molecule has 0 radical (unpaired) electrons. The molecule has 10 heteroatoms. The van der Waals surface area contributed by atoms with E-state index in [1.54, 1.807) is 30.3 Å². The molecule has 0 bridgehead atoms. The molecular formula is C18H14Cl2N4O2S2. The first-order valence-electron chi connectivity index (χ1n) is 8.00. The Morgan fingerprint density at radius 3 is 2.61 bits per heavy atom. The van der Waals surface area contributed by atoms with Crippen molar-refractivity contribution in [3.63, 3.8) is 0 Å². The number of ketones is 1. The van der Waals surface area contributed by atoms with E-state index in [-0.39, 0.29) is 17.4 Å². The first-order valence-corrected chi connectivity index (χ1v) is 10.6. The van der Waals surface area contributed by atoms with Gasteiger partial charge in [-0.2, -0.15) is 0 Å². The number of anilines is 3. The van der Waals surface area contributed by atoms with Crippen molar-refractivity contribution in [3.8, 4) is 0 Å². The topological polar surface area (TPSA) is 84.0 Å². The van der Waals surface area contributed by atoms with Crippen molar-refractivity contribution in [1.82, 2.24) is 10.2 Å². The average Bonchev–Trinajstić information content (AvgIpc) is 3.09. The molecule has 1 heterocycles. The van der Waals surface area contributed by atoms with Gasteiger partial charge in [0.05, 0.1) is 15.8 Å².